The Labute approximate surface area is 98.2 Å². The molecule has 2 amide bonds. The van der Waals surface area contributed by atoms with E-state index in [0.29, 0.717) is 0 Å². The van der Waals surface area contributed by atoms with Crippen LogP contribution in [-0.4, -0.2) is 22.3 Å². The monoisotopic (exact) mass is 239 g/mol. The van der Waals surface area contributed by atoms with Gasteiger partial charge in [-0.3, -0.25) is 9.59 Å². The zero-order chi connectivity index (χ0) is 13.1. The number of hydrogen-bond donors (Lipinski definition) is 2. The van der Waals surface area contributed by atoms with Gasteiger partial charge in [-0.25, -0.2) is 4.98 Å². The zero-order valence-corrected chi connectivity index (χ0v) is 9.66. The summed E-state index contributed by atoms with van der Waals surface area (Å²) in [5.74, 6) is -1.72. The van der Waals surface area contributed by atoms with Crippen molar-refractivity contribution in [3.05, 3.63) is 29.8 Å². The van der Waals surface area contributed by atoms with Crippen LogP contribution in [-0.2, 0) is 4.79 Å². The molecule has 0 bridgehead atoms. The summed E-state index contributed by atoms with van der Waals surface area (Å²) in [4.78, 5) is 25.9. The lowest BCUT2D eigenvalue weighted by Gasteiger charge is -2.24. The van der Waals surface area contributed by atoms with Crippen molar-refractivity contribution >= 4 is 11.8 Å². The third-order valence-corrected chi connectivity index (χ3v) is 2.06. The Balaban J connectivity index is 2.75. The summed E-state index contributed by atoms with van der Waals surface area (Å²) in [5, 5.41) is 2.60. The van der Waals surface area contributed by atoms with E-state index in [0.717, 1.165) is 6.07 Å². The first-order valence-corrected chi connectivity index (χ1v) is 5.02. The quantitative estimate of drug-likeness (QED) is 0.755. The highest BCUT2D eigenvalue weighted by atomic mass is 19.1. The van der Waals surface area contributed by atoms with Gasteiger partial charge < -0.3 is 11.1 Å². The van der Waals surface area contributed by atoms with Crippen molar-refractivity contribution in [2.75, 3.05) is 0 Å². The molecule has 0 aliphatic heterocycles. The van der Waals surface area contributed by atoms with Crippen LogP contribution in [0.5, 0.6) is 0 Å². The van der Waals surface area contributed by atoms with E-state index in [4.69, 9.17) is 5.73 Å². The molecule has 6 heteroatoms. The molecule has 1 heterocycles. The van der Waals surface area contributed by atoms with E-state index in [1.807, 2.05) is 0 Å². The van der Waals surface area contributed by atoms with E-state index >= 15 is 0 Å². The van der Waals surface area contributed by atoms with Crippen LogP contribution in [0.15, 0.2) is 18.3 Å². The van der Waals surface area contributed by atoms with E-state index < -0.39 is 23.3 Å². The molecule has 5 nitrogen and oxygen atoms in total. The van der Waals surface area contributed by atoms with Crippen LogP contribution in [0.1, 0.15) is 30.6 Å². The molecule has 0 atom stereocenters. The highest BCUT2D eigenvalue weighted by Gasteiger charge is 2.23. The van der Waals surface area contributed by atoms with Gasteiger partial charge in [0.25, 0.3) is 5.91 Å². The Kier molecular flexibility index (Phi) is 3.77. The number of hydrogen-bond acceptors (Lipinski definition) is 3. The molecule has 92 valence electrons. The number of carbonyl (C=O) groups excluding carboxylic acids is 2. The van der Waals surface area contributed by atoms with Gasteiger partial charge in [0.2, 0.25) is 11.9 Å². The second-order valence-corrected chi connectivity index (χ2v) is 4.35. The van der Waals surface area contributed by atoms with Gasteiger partial charge >= 0.3 is 0 Å². The fourth-order valence-corrected chi connectivity index (χ4v) is 1.40. The number of aromatic nitrogens is 1. The van der Waals surface area contributed by atoms with E-state index in [-0.39, 0.29) is 12.0 Å². The van der Waals surface area contributed by atoms with Gasteiger partial charge in [0.05, 0.1) is 0 Å². The summed E-state index contributed by atoms with van der Waals surface area (Å²) in [6.07, 6.45) is 1.21. The van der Waals surface area contributed by atoms with Crippen molar-refractivity contribution in [1.29, 1.82) is 0 Å². The van der Waals surface area contributed by atoms with Crippen LogP contribution in [0.25, 0.3) is 0 Å². The standard InChI is InChI=1S/C11H14FN3O2/c1-11(2,6-9(13)16)15-10(17)7-3-4-14-8(12)5-7/h3-5H,6H2,1-2H3,(H2,13,16)(H,15,17). The highest BCUT2D eigenvalue weighted by Crippen LogP contribution is 2.09. The molecular formula is C11H14FN3O2. The van der Waals surface area contributed by atoms with Crippen LogP contribution in [0, 0.1) is 5.95 Å². The van der Waals surface area contributed by atoms with E-state index in [9.17, 15) is 14.0 Å². The van der Waals surface area contributed by atoms with E-state index in [1.165, 1.54) is 12.3 Å². The van der Waals surface area contributed by atoms with Gasteiger partial charge in [0.15, 0.2) is 0 Å². The normalized spacial score (nSPS) is 11.0. The van der Waals surface area contributed by atoms with Gasteiger partial charge in [-0.05, 0) is 19.9 Å². The van der Waals surface area contributed by atoms with Crippen molar-refractivity contribution in [3.8, 4) is 0 Å². The summed E-state index contributed by atoms with van der Waals surface area (Å²) in [7, 11) is 0. The molecule has 0 fully saturated rings. The molecule has 1 aromatic rings. The summed E-state index contributed by atoms with van der Waals surface area (Å²) in [6, 6.07) is 2.41. The zero-order valence-electron chi connectivity index (χ0n) is 9.66. The molecule has 0 spiro atoms. The topological polar surface area (TPSA) is 85.1 Å². The molecule has 0 radical (unpaired) electrons. The van der Waals surface area contributed by atoms with Crippen molar-refractivity contribution in [2.24, 2.45) is 5.73 Å². The number of amides is 2. The van der Waals surface area contributed by atoms with Crippen LogP contribution >= 0.6 is 0 Å². The number of pyridine rings is 1. The number of nitrogens with one attached hydrogen (secondary N) is 1. The number of rotatable bonds is 4. The first-order chi connectivity index (χ1) is 7.80. The summed E-state index contributed by atoms with van der Waals surface area (Å²) in [5.41, 5.74) is 4.43. The molecule has 0 saturated carbocycles. The Morgan fingerprint density at radius 3 is 2.71 bits per heavy atom. The number of nitrogens with zero attached hydrogens (tertiary/aromatic N) is 1. The summed E-state index contributed by atoms with van der Waals surface area (Å²) in [6.45, 7) is 3.32. The minimum Gasteiger partial charge on any atom is -0.370 e. The van der Waals surface area contributed by atoms with Gasteiger partial charge in [-0.2, -0.15) is 4.39 Å². The molecule has 0 aliphatic carbocycles. The van der Waals surface area contributed by atoms with E-state index in [2.05, 4.69) is 10.3 Å². The smallest absolute Gasteiger partial charge is 0.251 e. The molecule has 1 rings (SSSR count). The average molecular weight is 239 g/mol. The van der Waals surface area contributed by atoms with Crippen molar-refractivity contribution in [1.82, 2.24) is 10.3 Å². The van der Waals surface area contributed by atoms with E-state index in [1.54, 1.807) is 13.8 Å². The molecule has 0 aromatic carbocycles. The number of nitrogens with two attached hydrogens (primary N) is 1. The highest BCUT2D eigenvalue weighted by molar-refractivity contribution is 5.94. The van der Waals surface area contributed by atoms with Gasteiger partial charge in [0, 0.05) is 29.8 Å². The Bertz CT molecular complexity index is 446. The second kappa shape index (κ2) is 4.90. The Hall–Kier alpha value is -1.98. The lowest BCUT2D eigenvalue weighted by Crippen LogP contribution is -2.46. The maximum absolute atomic E-state index is 12.8. The molecule has 1 aromatic heterocycles. The maximum Gasteiger partial charge on any atom is 0.251 e. The Morgan fingerprint density at radius 1 is 1.53 bits per heavy atom. The molecule has 0 aliphatic rings. The van der Waals surface area contributed by atoms with Gasteiger partial charge in [-0.15, -0.1) is 0 Å². The number of primary amides is 1. The molecular weight excluding hydrogens is 225 g/mol. The Morgan fingerprint density at radius 2 is 2.18 bits per heavy atom. The fourth-order valence-electron chi connectivity index (χ4n) is 1.40. The molecule has 0 unspecified atom stereocenters. The van der Waals surface area contributed by atoms with Crippen LogP contribution in [0.4, 0.5) is 4.39 Å². The van der Waals surface area contributed by atoms with Crippen LogP contribution < -0.4 is 11.1 Å². The third kappa shape index (κ3) is 4.18. The van der Waals surface area contributed by atoms with Crippen molar-refractivity contribution in [2.45, 2.75) is 25.8 Å². The van der Waals surface area contributed by atoms with Crippen LogP contribution in [0.3, 0.4) is 0 Å². The minimum absolute atomic E-state index is 0.00626. The number of halogens is 1. The van der Waals surface area contributed by atoms with Crippen LogP contribution in [0.2, 0.25) is 0 Å². The van der Waals surface area contributed by atoms with Crippen molar-refractivity contribution in [3.63, 3.8) is 0 Å². The summed E-state index contributed by atoms with van der Waals surface area (Å²) < 4.78 is 12.8. The van der Waals surface area contributed by atoms with Gasteiger partial charge in [-0.1, -0.05) is 0 Å². The maximum atomic E-state index is 12.8. The van der Waals surface area contributed by atoms with Gasteiger partial charge in [0.1, 0.15) is 0 Å². The first kappa shape index (κ1) is 13.1. The lowest BCUT2D eigenvalue weighted by molar-refractivity contribution is -0.119. The lowest BCUT2D eigenvalue weighted by atomic mass is 10.00. The molecule has 3 N–H and O–H groups in total. The SMILES string of the molecule is CC(C)(CC(N)=O)NC(=O)c1ccnc(F)c1. The predicted molar refractivity (Wildman–Crippen MR) is 59.6 cm³/mol. The molecule has 17 heavy (non-hydrogen) atoms. The predicted octanol–water partition coefficient (Wildman–Crippen LogP) is 0.605. The largest absolute Gasteiger partial charge is 0.370 e. The average Bonchev–Trinajstić information content (AvgIpc) is 2.14. The minimum atomic E-state index is -0.775. The molecule has 0 saturated heterocycles. The second-order valence-electron chi connectivity index (χ2n) is 4.35. The third-order valence-electron chi connectivity index (χ3n) is 2.06. The van der Waals surface area contributed by atoms with Crippen molar-refractivity contribution < 1.29 is 14.0 Å². The first-order valence-electron chi connectivity index (χ1n) is 5.02. The fraction of sp³-hybridized carbons (Fsp3) is 0.364. The summed E-state index contributed by atoms with van der Waals surface area (Å²) >= 11 is 0. The number of carbonyl (C=O) groups is 2.